The normalized spacial score (nSPS) is 23.4. The minimum absolute atomic E-state index is 0.0312. The third-order valence-electron chi connectivity index (χ3n) is 3.76. The number of hydrogen-bond donors (Lipinski definition) is 1. The van der Waals surface area contributed by atoms with E-state index in [1.165, 1.54) is 12.1 Å². The maximum Gasteiger partial charge on any atom is 0.239 e. The van der Waals surface area contributed by atoms with Gasteiger partial charge in [0.25, 0.3) is 0 Å². The molecule has 1 aliphatic heterocycles. The van der Waals surface area contributed by atoms with Crippen LogP contribution in [0.1, 0.15) is 25.0 Å². The molecule has 1 amide bonds. The zero-order valence-electron chi connectivity index (χ0n) is 13.0. The summed E-state index contributed by atoms with van der Waals surface area (Å²) in [7, 11) is 0. The van der Waals surface area contributed by atoms with Crippen molar-refractivity contribution in [2.45, 2.75) is 31.6 Å². The number of amides is 1. The molecule has 0 unspecified atom stereocenters. The van der Waals surface area contributed by atoms with Crippen LogP contribution in [0, 0.1) is 5.82 Å². The summed E-state index contributed by atoms with van der Waals surface area (Å²) < 4.78 is 18.9. The number of nitrogens with zero attached hydrogens (tertiary/aromatic N) is 1. The molecular formula is C16H23FN2O2S. The molecule has 0 radical (unpaired) electrons. The summed E-state index contributed by atoms with van der Waals surface area (Å²) >= 11 is 1.68. The second-order valence-electron chi connectivity index (χ2n) is 5.62. The number of rotatable bonds is 5. The topological polar surface area (TPSA) is 55.6 Å². The fraction of sp³-hybridized carbons (Fsp3) is 0.562. The Morgan fingerprint density at radius 1 is 1.45 bits per heavy atom. The van der Waals surface area contributed by atoms with Crippen molar-refractivity contribution < 1.29 is 13.9 Å². The third kappa shape index (κ3) is 4.44. The second kappa shape index (κ2) is 7.94. The van der Waals surface area contributed by atoms with Gasteiger partial charge in [0.1, 0.15) is 11.9 Å². The molecule has 0 aromatic heterocycles. The molecular weight excluding hydrogens is 303 g/mol. The average molecular weight is 326 g/mol. The quantitative estimate of drug-likeness (QED) is 0.901. The summed E-state index contributed by atoms with van der Waals surface area (Å²) in [6.45, 7) is 2.94. The van der Waals surface area contributed by atoms with E-state index < -0.39 is 6.04 Å². The highest BCUT2D eigenvalue weighted by molar-refractivity contribution is 7.98. The van der Waals surface area contributed by atoms with Gasteiger partial charge in [-0.05, 0) is 43.0 Å². The summed E-state index contributed by atoms with van der Waals surface area (Å²) in [6.07, 6.45) is 2.37. The van der Waals surface area contributed by atoms with Gasteiger partial charge in [0.05, 0.1) is 18.7 Å². The van der Waals surface area contributed by atoms with Crippen LogP contribution in [0.5, 0.6) is 0 Å². The second-order valence-corrected chi connectivity index (χ2v) is 6.60. The highest BCUT2D eigenvalue weighted by Gasteiger charge is 2.31. The van der Waals surface area contributed by atoms with Gasteiger partial charge in [-0.15, -0.1) is 0 Å². The number of carbonyl (C=O) groups excluding carboxylic acids is 1. The number of ether oxygens (including phenoxy) is 1. The Morgan fingerprint density at radius 2 is 2.14 bits per heavy atom. The van der Waals surface area contributed by atoms with Gasteiger partial charge in [-0.2, -0.15) is 11.8 Å². The molecule has 0 saturated carbocycles. The lowest BCUT2D eigenvalue weighted by Crippen LogP contribution is -2.51. The molecule has 2 N–H and O–H groups in total. The fourth-order valence-electron chi connectivity index (χ4n) is 2.60. The van der Waals surface area contributed by atoms with Crippen molar-refractivity contribution >= 4 is 17.7 Å². The highest BCUT2D eigenvalue weighted by atomic mass is 32.2. The number of carbonyl (C=O) groups is 1. The molecule has 0 spiro atoms. The Labute approximate surface area is 135 Å². The molecule has 3 atom stereocenters. The zero-order valence-corrected chi connectivity index (χ0v) is 13.8. The molecule has 1 fully saturated rings. The largest absolute Gasteiger partial charge is 0.367 e. The van der Waals surface area contributed by atoms with Crippen molar-refractivity contribution in [1.29, 1.82) is 0 Å². The van der Waals surface area contributed by atoms with Gasteiger partial charge in [-0.25, -0.2) is 4.39 Å². The molecule has 0 bridgehead atoms. The van der Waals surface area contributed by atoms with E-state index in [2.05, 4.69) is 0 Å². The van der Waals surface area contributed by atoms with E-state index in [1.54, 1.807) is 28.8 Å². The molecule has 6 heteroatoms. The van der Waals surface area contributed by atoms with E-state index in [1.807, 2.05) is 13.2 Å². The van der Waals surface area contributed by atoms with Gasteiger partial charge < -0.3 is 15.4 Å². The average Bonchev–Trinajstić information content (AvgIpc) is 2.52. The number of benzene rings is 1. The molecule has 22 heavy (non-hydrogen) atoms. The number of halogens is 1. The SMILES string of the molecule is CSCC[C@H](N)C(=O)N1C[C@@H](c2ccc(F)cc2)O[C@@H](C)C1. The Morgan fingerprint density at radius 3 is 2.77 bits per heavy atom. The fourth-order valence-corrected chi connectivity index (χ4v) is 3.09. The lowest BCUT2D eigenvalue weighted by molar-refractivity contribution is -0.146. The number of hydrogen-bond acceptors (Lipinski definition) is 4. The summed E-state index contributed by atoms with van der Waals surface area (Å²) in [4.78, 5) is 14.2. The maximum atomic E-state index is 13.0. The zero-order chi connectivity index (χ0) is 16.1. The van der Waals surface area contributed by atoms with Gasteiger partial charge in [-0.1, -0.05) is 12.1 Å². The van der Waals surface area contributed by atoms with E-state index >= 15 is 0 Å². The van der Waals surface area contributed by atoms with Crippen LogP contribution < -0.4 is 5.73 Å². The Balaban J connectivity index is 2.04. The van der Waals surface area contributed by atoms with Crippen molar-refractivity contribution in [2.75, 3.05) is 25.1 Å². The van der Waals surface area contributed by atoms with Crippen molar-refractivity contribution in [2.24, 2.45) is 5.73 Å². The smallest absolute Gasteiger partial charge is 0.239 e. The standard InChI is InChI=1S/C16H23FN2O2S/c1-11-9-19(16(20)14(18)7-8-22-2)10-15(21-11)12-3-5-13(17)6-4-12/h3-6,11,14-15H,7-10,18H2,1-2H3/t11-,14-,15-/m0/s1. The predicted octanol–water partition coefficient (Wildman–Crippen LogP) is 2.19. The molecule has 4 nitrogen and oxygen atoms in total. The van der Waals surface area contributed by atoms with Crippen LogP contribution in [0.25, 0.3) is 0 Å². The van der Waals surface area contributed by atoms with Crippen LogP contribution in [0.4, 0.5) is 4.39 Å². The van der Waals surface area contributed by atoms with Crippen molar-refractivity contribution in [1.82, 2.24) is 4.90 Å². The third-order valence-corrected chi connectivity index (χ3v) is 4.41. The minimum Gasteiger partial charge on any atom is -0.367 e. The molecule has 2 rings (SSSR count). The van der Waals surface area contributed by atoms with Crippen molar-refractivity contribution in [3.8, 4) is 0 Å². The monoisotopic (exact) mass is 326 g/mol. The summed E-state index contributed by atoms with van der Waals surface area (Å²) in [5.74, 6) is 0.560. The van der Waals surface area contributed by atoms with Crippen LogP contribution in [0.15, 0.2) is 24.3 Å². The molecule has 1 saturated heterocycles. The number of morpholine rings is 1. The highest BCUT2D eigenvalue weighted by Crippen LogP contribution is 2.26. The van der Waals surface area contributed by atoms with Crippen molar-refractivity contribution in [3.05, 3.63) is 35.6 Å². The predicted molar refractivity (Wildman–Crippen MR) is 87.2 cm³/mol. The Kier molecular flexibility index (Phi) is 6.23. The Bertz CT molecular complexity index is 497. The first-order valence-electron chi connectivity index (χ1n) is 7.45. The first kappa shape index (κ1) is 17.2. The van der Waals surface area contributed by atoms with E-state index in [0.717, 1.165) is 11.3 Å². The van der Waals surface area contributed by atoms with Gasteiger partial charge in [0.15, 0.2) is 0 Å². The van der Waals surface area contributed by atoms with Gasteiger partial charge in [0.2, 0.25) is 5.91 Å². The van der Waals surface area contributed by atoms with E-state index in [4.69, 9.17) is 10.5 Å². The first-order chi connectivity index (χ1) is 10.5. The molecule has 1 aromatic carbocycles. The number of thioether (sulfide) groups is 1. The summed E-state index contributed by atoms with van der Waals surface area (Å²) in [6, 6.07) is 5.76. The van der Waals surface area contributed by atoms with Gasteiger partial charge in [-0.3, -0.25) is 4.79 Å². The molecule has 122 valence electrons. The van der Waals surface area contributed by atoms with Gasteiger partial charge in [0, 0.05) is 6.54 Å². The summed E-state index contributed by atoms with van der Waals surface area (Å²) in [5, 5.41) is 0. The molecule has 0 aliphatic carbocycles. The van der Waals surface area contributed by atoms with Crippen LogP contribution in [-0.4, -0.2) is 48.1 Å². The minimum atomic E-state index is -0.466. The Hall–Kier alpha value is -1.11. The van der Waals surface area contributed by atoms with Crippen LogP contribution in [0.2, 0.25) is 0 Å². The lowest BCUT2D eigenvalue weighted by Gasteiger charge is -2.38. The van der Waals surface area contributed by atoms with E-state index in [-0.39, 0.29) is 23.9 Å². The van der Waals surface area contributed by atoms with Crippen LogP contribution in [0.3, 0.4) is 0 Å². The van der Waals surface area contributed by atoms with Crippen LogP contribution >= 0.6 is 11.8 Å². The van der Waals surface area contributed by atoms with Crippen LogP contribution in [-0.2, 0) is 9.53 Å². The number of nitrogens with two attached hydrogens (primary N) is 1. The van der Waals surface area contributed by atoms with E-state index in [0.29, 0.717) is 19.5 Å². The van der Waals surface area contributed by atoms with Crippen molar-refractivity contribution in [3.63, 3.8) is 0 Å². The first-order valence-corrected chi connectivity index (χ1v) is 8.85. The molecule has 1 aliphatic rings. The van der Waals surface area contributed by atoms with Gasteiger partial charge >= 0.3 is 0 Å². The molecule has 1 heterocycles. The van der Waals surface area contributed by atoms with E-state index in [9.17, 15) is 9.18 Å². The lowest BCUT2D eigenvalue weighted by atomic mass is 10.1. The summed E-state index contributed by atoms with van der Waals surface area (Å²) in [5.41, 5.74) is 6.87. The maximum absolute atomic E-state index is 13.0. The molecule has 1 aromatic rings.